The number of hydrogen-bond donors (Lipinski definition) is 1. The lowest BCUT2D eigenvalue weighted by atomic mass is 10.3. The number of aliphatic imine (C=N–C) groups is 1. The Morgan fingerprint density at radius 3 is 3.08 bits per heavy atom. The maximum atomic E-state index is 5.62. The van der Waals surface area contributed by atoms with Crippen LogP contribution >= 0.6 is 0 Å². The highest BCUT2D eigenvalue weighted by Gasteiger charge is 1.91. The highest BCUT2D eigenvalue weighted by molar-refractivity contribution is 5.77. The van der Waals surface area contributed by atoms with Gasteiger partial charge in [0.2, 0.25) is 0 Å². The third kappa shape index (κ3) is 2.20. The maximum absolute atomic E-state index is 5.62. The van der Waals surface area contributed by atoms with Crippen LogP contribution in [0.1, 0.15) is 6.92 Å². The van der Waals surface area contributed by atoms with Crippen LogP contribution in [0.25, 0.3) is 0 Å². The van der Waals surface area contributed by atoms with Crippen LogP contribution in [-0.4, -0.2) is 11.2 Å². The summed E-state index contributed by atoms with van der Waals surface area (Å²) in [4.78, 5) is 8.00. The minimum absolute atomic E-state index is 0.644. The number of hydrogen-bond acceptors (Lipinski definition) is 3. The van der Waals surface area contributed by atoms with Gasteiger partial charge in [0.25, 0.3) is 0 Å². The molecule has 3 nitrogen and oxygen atoms in total. The first-order valence-electron chi connectivity index (χ1n) is 3.69. The van der Waals surface area contributed by atoms with Crippen molar-refractivity contribution in [2.45, 2.75) is 6.92 Å². The molecule has 1 aromatic rings. The van der Waals surface area contributed by atoms with Gasteiger partial charge in [0, 0.05) is 12.4 Å². The summed E-state index contributed by atoms with van der Waals surface area (Å²) in [5.41, 5.74) is 6.97. The summed E-state index contributed by atoms with van der Waals surface area (Å²) in [6, 6.07) is 1.72. The highest BCUT2D eigenvalue weighted by Crippen LogP contribution is 2.17. The largest absolute Gasteiger partial charge is 0.397 e. The third-order valence-electron chi connectivity index (χ3n) is 1.32. The van der Waals surface area contributed by atoms with E-state index in [0.29, 0.717) is 11.4 Å². The van der Waals surface area contributed by atoms with Gasteiger partial charge in [-0.05, 0) is 19.1 Å². The van der Waals surface area contributed by atoms with Crippen molar-refractivity contribution in [2.24, 2.45) is 4.99 Å². The van der Waals surface area contributed by atoms with Crippen LogP contribution in [0.5, 0.6) is 0 Å². The van der Waals surface area contributed by atoms with Crippen molar-refractivity contribution in [3.8, 4) is 0 Å². The van der Waals surface area contributed by atoms with Crippen LogP contribution in [0, 0.1) is 0 Å². The van der Waals surface area contributed by atoms with E-state index in [4.69, 9.17) is 5.73 Å². The van der Waals surface area contributed by atoms with Crippen molar-refractivity contribution in [1.82, 2.24) is 4.98 Å². The minimum atomic E-state index is 0.644. The van der Waals surface area contributed by atoms with Crippen molar-refractivity contribution in [3.63, 3.8) is 0 Å². The zero-order chi connectivity index (χ0) is 8.81. The molecule has 0 radical (unpaired) electrons. The molecule has 0 aromatic carbocycles. The zero-order valence-corrected chi connectivity index (χ0v) is 6.94. The van der Waals surface area contributed by atoms with Crippen molar-refractivity contribution in [2.75, 3.05) is 5.73 Å². The van der Waals surface area contributed by atoms with E-state index in [-0.39, 0.29) is 0 Å². The molecule has 0 spiro atoms. The fourth-order valence-corrected chi connectivity index (χ4v) is 0.714. The second-order valence-corrected chi connectivity index (χ2v) is 2.24. The quantitative estimate of drug-likeness (QED) is 0.674. The highest BCUT2D eigenvalue weighted by atomic mass is 14.8. The second kappa shape index (κ2) is 4.28. The smallest absolute Gasteiger partial charge is 0.104 e. The van der Waals surface area contributed by atoms with E-state index in [0.717, 1.165) is 0 Å². The predicted molar refractivity (Wildman–Crippen MR) is 51.6 cm³/mol. The molecule has 62 valence electrons. The Hall–Kier alpha value is -1.64. The Morgan fingerprint density at radius 1 is 1.58 bits per heavy atom. The first-order chi connectivity index (χ1) is 5.84. The van der Waals surface area contributed by atoms with Crippen molar-refractivity contribution in [1.29, 1.82) is 0 Å². The van der Waals surface area contributed by atoms with Gasteiger partial charge in [0.15, 0.2) is 0 Å². The molecule has 0 atom stereocenters. The molecule has 0 fully saturated rings. The van der Waals surface area contributed by atoms with Crippen molar-refractivity contribution >= 4 is 17.6 Å². The van der Waals surface area contributed by atoms with E-state index in [2.05, 4.69) is 9.98 Å². The van der Waals surface area contributed by atoms with Gasteiger partial charge in [-0.3, -0.25) is 9.98 Å². The Balaban J connectivity index is 2.82. The lowest BCUT2D eigenvalue weighted by Crippen LogP contribution is -1.85. The lowest BCUT2D eigenvalue weighted by Gasteiger charge is -1.95. The molecule has 2 N–H and O–H groups in total. The van der Waals surface area contributed by atoms with Gasteiger partial charge < -0.3 is 5.73 Å². The van der Waals surface area contributed by atoms with Gasteiger partial charge in [-0.1, -0.05) is 6.08 Å². The topological polar surface area (TPSA) is 51.3 Å². The number of nitrogen functional groups attached to an aromatic ring is 1. The van der Waals surface area contributed by atoms with Crippen LogP contribution in [0.3, 0.4) is 0 Å². The van der Waals surface area contributed by atoms with Gasteiger partial charge in [-0.2, -0.15) is 0 Å². The summed E-state index contributed by atoms with van der Waals surface area (Å²) in [5.74, 6) is 0. The Morgan fingerprint density at radius 2 is 2.42 bits per heavy atom. The van der Waals surface area contributed by atoms with E-state index in [1.54, 1.807) is 24.7 Å². The number of anilines is 1. The fraction of sp³-hybridized carbons (Fsp3) is 0.111. The standard InChI is InChI=1S/C9H11N3/c1-2-3-5-12-9-7-11-6-4-8(9)10/h2-7H,1H3,(H2,10,11)/b3-2-,12-5-. The summed E-state index contributed by atoms with van der Waals surface area (Å²) in [7, 11) is 0. The summed E-state index contributed by atoms with van der Waals surface area (Å²) < 4.78 is 0. The van der Waals surface area contributed by atoms with E-state index in [9.17, 15) is 0 Å². The monoisotopic (exact) mass is 161 g/mol. The van der Waals surface area contributed by atoms with Crippen LogP contribution in [0.15, 0.2) is 35.6 Å². The van der Waals surface area contributed by atoms with Gasteiger partial charge in [0.05, 0.1) is 11.9 Å². The number of nitrogens with zero attached hydrogens (tertiary/aromatic N) is 2. The molecule has 0 aliphatic rings. The van der Waals surface area contributed by atoms with Gasteiger partial charge in [-0.15, -0.1) is 0 Å². The van der Waals surface area contributed by atoms with Crippen molar-refractivity contribution < 1.29 is 0 Å². The molecule has 1 heterocycles. The lowest BCUT2D eigenvalue weighted by molar-refractivity contribution is 1.31. The predicted octanol–water partition coefficient (Wildman–Crippen LogP) is 1.94. The van der Waals surface area contributed by atoms with Crippen LogP contribution in [0.4, 0.5) is 11.4 Å². The Kier molecular flexibility index (Phi) is 3.02. The molecule has 12 heavy (non-hydrogen) atoms. The SMILES string of the molecule is C/C=C\C=N/c1cnccc1N. The Labute approximate surface area is 71.7 Å². The molecule has 0 aliphatic heterocycles. The molecule has 0 unspecified atom stereocenters. The zero-order valence-electron chi connectivity index (χ0n) is 6.94. The number of pyridine rings is 1. The number of allylic oxidation sites excluding steroid dienone is 2. The van der Waals surface area contributed by atoms with Gasteiger partial charge >= 0.3 is 0 Å². The number of aromatic nitrogens is 1. The average molecular weight is 161 g/mol. The summed E-state index contributed by atoms with van der Waals surface area (Å²) in [6.45, 7) is 1.93. The van der Waals surface area contributed by atoms with E-state index < -0.39 is 0 Å². The molecule has 0 aliphatic carbocycles. The molecule has 1 rings (SSSR count). The van der Waals surface area contributed by atoms with E-state index >= 15 is 0 Å². The van der Waals surface area contributed by atoms with Crippen LogP contribution in [-0.2, 0) is 0 Å². The number of nitrogens with two attached hydrogens (primary N) is 1. The summed E-state index contributed by atoms with van der Waals surface area (Å²) in [6.07, 6.45) is 8.70. The molecule has 0 saturated carbocycles. The molecule has 3 heteroatoms. The normalized spacial score (nSPS) is 11.4. The fourth-order valence-electron chi connectivity index (χ4n) is 0.714. The van der Waals surface area contributed by atoms with Crippen LogP contribution in [0.2, 0.25) is 0 Å². The molecular weight excluding hydrogens is 150 g/mol. The van der Waals surface area contributed by atoms with E-state index in [1.807, 2.05) is 19.1 Å². The maximum Gasteiger partial charge on any atom is 0.104 e. The van der Waals surface area contributed by atoms with Gasteiger partial charge in [0.1, 0.15) is 5.69 Å². The molecule has 1 aromatic heterocycles. The summed E-state index contributed by atoms with van der Waals surface area (Å²) >= 11 is 0. The third-order valence-corrected chi connectivity index (χ3v) is 1.32. The first-order valence-corrected chi connectivity index (χ1v) is 3.69. The molecular formula is C9H11N3. The number of rotatable bonds is 2. The minimum Gasteiger partial charge on any atom is -0.397 e. The molecule has 0 amide bonds. The molecule has 0 bridgehead atoms. The van der Waals surface area contributed by atoms with E-state index in [1.165, 1.54) is 0 Å². The second-order valence-electron chi connectivity index (χ2n) is 2.24. The molecule has 0 saturated heterocycles. The average Bonchev–Trinajstić information content (AvgIpc) is 2.09. The Bertz CT molecular complexity index is 302. The first kappa shape index (κ1) is 8.46. The summed E-state index contributed by atoms with van der Waals surface area (Å²) in [5, 5.41) is 0. The van der Waals surface area contributed by atoms with Gasteiger partial charge in [-0.25, -0.2) is 0 Å². The van der Waals surface area contributed by atoms with Crippen LogP contribution < -0.4 is 5.73 Å². The van der Waals surface area contributed by atoms with Crippen molar-refractivity contribution in [3.05, 3.63) is 30.6 Å².